The van der Waals surface area contributed by atoms with E-state index in [4.69, 9.17) is 0 Å². The van der Waals surface area contributed by atoms with Gasteiger partial charge in [0, 0.05) is 6.54 Å². The lowest BCUT2D eigenvalue weighted by Gasteiger charge is -2.11. The van der Waals surface area contributed by atoms with Crippen molar-refractivity contribution in [3.8, 4) is 5.69 Å². The second-order valence-corrected chi connectivity index (χ2v) is 8.43. The van der Waals surface area contributed by atoms with Crippen molar-refractivity contribution in [2.24, 2.45) is 0 Å². The number of hydrogen-bond donors (Lipinski definition) is 1. The number of carbonyl (C=O) groups excluding carboxylic acids is 1. The summed E-state index contributed by atoms with van der Waals surface area (Å²) in [5.74, 6) is 0.541. The Kier molecular flexibility index (Phi) is 5.91. The molecule has 1 amide bonds. The minimum atomic E-state index is -0.160. The molecule has 7 nitrogen and oxygen atoms in total. The highest BCUT2D eigenvalue weighted by Crippen LogP contribution is 2.23. The minimum Gasteiger partial charge on any atom is -0.355 e. The third-order valence-corrected chi connectivity index (χ3v) is 6.25. The highest BCUT2D eigenvalue weighted by atomic mass is 32.2. The third kappa shape index (κ3) is 4.25. The molecule has 0 bridgehead atoms. The second-order valence-electron chi connectivity index (χ2n) is 7.49. The molecule has 0 saturated carbocycles. The van der Waals surface area contributed by atoms with E-state index in [0.717, 1.165) is 6.42 Å². The Labute approximate surface area is 194 Å². The van der Waals surface area contributed by atoms with Crippen LogP contribution < -0.4 is 10.9 Å². The van der Waals surface area contributed by atoms with Crippen LogP contribution in [0.5, 0.6) is 0 Å². The van der Waals surface area contributed by atoms with Crippen molar-refractivity contribution in [3.63, 3.8) is 0 Å². The van der Waals surface area contributed by atoms with Crippen molar-refractivity contribution in [1.82, 2.24) is 24.5 Å². The molecule has 164 valence electrons. The molecule has 0 aliphatic carbocycles. The van der Waals surface area contributed by atoms with Crippen LogP contribution in [0.25, 0.3) is 22.4 Å². The van der Waals surface area contributed by atoms with E-state index in [-0.39, 0.29) is 17.2 Å². The molecule has 0 atom stereocenters. The van der Waals surface area contributed by atoms with Crippen LogP contribution in [0.2, 0.25) is 0 Å². The van der Waals surface area contributed by atoms with E-state index in [0.29, 0.717) is 34.1 Å². The first-order chi connectivity index (χ1) is 16.2. The van der Waals surface area contributed by atoms with Gasteiger partial charge in [-0.05, 0) is 36.2 Å². The lowest BCUT2D eigenvalue weighted by atomic mass is 10.1. The summed E-state index contributed by atoms with van der Waals surface area (Å²) in [4.78, 5) is 25.7. The summed E-state index contributed by atoms with van der Waals surface area (Å²) in [7, 11) is 0. The van der Waals surface area contributed by atoms with Crippen molar-refractivity contribution in [2.45, 2.75) is 11.6 Å². The summed E-state index contributed by atoms with van der Waals surface area (Å²) in [6.07, 6.45) is 0.777. The van der Waals surface area contributed by atoms with Crippen molar-refractivity contribution < 1.29 is 4.79 Å². The first-order valence-corrected chi connectivity index (χ1v) is 11.6. The van der Waals surface area contributed by atoms with Crippen molar-refractivity contribution >= 4 is 34.3 Å². The number of hydrogen-bond acceptors (Lipinski definition) is 5. The number of nitrogens with zero attached hydrogens (tertiary/aromatic N) is 4. The Balaban J connectivity index is 1.42. The van der Waals surface area contributed by atoms with Gasteiger partial charge >= 0.3 is 0 Å². The first-order valence-electron chi connectivity index (χ1n) is 10.6. The van der Waals surface area contributed by atoms with Crippen LogP contribution in [0.3, 0.4) is 0 Å². The number of nitrogens with one attached hydrogen (secondary N) is 1. The van der Waals surface area contributed by atoms with Crippen LogP contribution in [0.15, 0.2) is 94.9 Å². The molecular weight excluding hydrogens is 434 g/mol. The molecule has 2 aromatic heterocycles. The molecular formula is C25H21N5O2S. The average molecular weight is 456 g/mol. The summed E-state index contributed by atoms with van der Waals surface area (Å²) in [6, 6.07) is 26.8. The Hall–Kier alpha value is -3.91. The lowest BCUT2D eigenvalue weighted by molar-refractivity contribution is -0.118. The summed E-state index contributed by atoms with van der Waals surface area (Å²) >= 11 is 1.30. The van der Waals surface area contributed by atoms with Crippen LogP contribution >= 0.6 is 11.8 Å². The monoisotopic (exact) mass is 455 g/mol. The van der Waals surface area contributed by atoms with E-state index in [1.165, 1.54) is 17.3 Å². The van der Waals surface area contributed by atoms with Crippen LogP contribution in [0.1, 0.15) is 5.56 Å². The van der Waals surface area contributed by atoms with Gasteiger partial charge in [-0.1, -0.05) is 72.4 Å². The molecule has 0 unspecified atom stereocenters. The zero-order valence-corrected chi connectivity index (χ0v) is 18.5. The van der Waals surface area contributed by atoms with Crippen LogP contribution in [-0.2, 0) is 11.2 Å². The zero-order valence-electron chi connectivity index (χ0n) is 17.7. The Morgan fingerprint density at radius 3 is 2.36 bits per heavy atom. The molecule has 5 rings (SSSR count). The summed E-state index contributed by atoms with van der Waals surface area (Å²) in [5.41, 5.74) is 2.44. The van der Waals surface area contributed by atoms with Crippen LogP contribution in [0, 0.1) is 0 Å². The molecule has 3 aromatic carbocycles. The Morgan fingerprint density at radius 1 is 0.879 bits per heavy atom. The maximum atomic E-state index is 13.3. The topological polar surface area (TPSA) is 81.3 Å². The normalized spacial score (nSPS) is 11.2. The first kappa shape index (κ1) is 21.0. The fourth-order valence-corrected chi connectivity index (χ4v) is 4.52. The van der Waals surface area contributed by atoms with Gasteiger partial charge < -0.3 is 5.32 Å². The SMILES string of the molecule is O=C(CSc1nnc2n(-c3ccccc3)c(=O)c3ccccc3n12)NCCc1ccccc1. The van der Waals surface area contributed by atoms with E-state index >= 15 is 0 Å². The molecule has 0 radical (unpaired) electrons. The number of rotatable bonds is 7. The predicted molar refractivity (Wildman–Crippen MR) is 130 cm³/mol. The summed E-state index contributed by atoms with van der Waals surface area (Å²) in [6.45, 7) is 0.570. The van der Waals surface area contributed by atoms with E-state index in [9.17, 15) is 9.59 Å². The predicted octanol–water partition coefficient (Wildman–Crippen LogP) is 3.48. The summed E-state index contributed by atoms with van der Waals surface area (Å²) in [5, 5.41) is 12.7. The van der Waals surface area contributed by atoms with Crippen molar-refractivity contribution in [3.05, 3.63) is 101 Å². The zero-order chi connectivity index (χ0) is 22.6. The van der Waals surface area contributed by atoms with Crippen molar-refractivity contribution in [2.75, 3.05) is 12.3 Å². The number of carbonyl (C=O) groups is 1. The number of benzene rings is 3. The number of para-hydroxylation sites is 2. The van der Waals surface area contributed by atoms with E-state index in [2.05, 4.69) is 15.5 Å². The lowest BCUT2D eigenvalue weighted by Crippen LogP contribution is -2.27. The fourth-order valence-electron chi connectivity index (χ4n) is 3.75. The molecule has 0 aliphatic rings. The van der Waals surface area contributed by atoms with Gasteiger partial charge in [0.25, 0.3) is 5.56 Å². The third-order valence-electron chi connectivity index (χ3n) is 5.32. The van der Waals surface area contributed by atoms with Gasteiger partial charge in [0.1, 0.15) is 0 Å². The Morgan fingerprint density at radius 2 is 1.58 bits per heavy atom. The molecule has 1 N–H and O–H groups in total. The highest BCUT2D eigenvalue weighted by Gasteiger charge is 2.18. The summed E-state index contributed by atoms with van der Waals surface area (Å²) < 4.78 is 3.39. The number of fused-ring (bicyclic) bond motifs is 3. The molecule has 8 heteroatoms. The van der Waals surface area contributed by atoms with Crippen LogP contribution in [0.4, 0.5) is 0 Å². The molecule has 0 fully saturated rings. The highest BCUT2D eigenvalue weighted by molar-refractivity contribution is 7.99. The maximum Gasteiger partial charge on any atom is 0.267 e. The van der Waals surface area contributed by atoms with Gasteiger partial charge in [-0.2, -0.15) is 0 Å². The van der Waals surface area contributed by atoms with E-state index < -0.39 is 0 Å². The smallest absolute Gasteiger partial charge is 0.267 e. The molecule has 0 aliphatic heterocycles. The molecule has 33 heavy (non-hydrogen) atoms. The van der Waals surface area contributed by atoms with Gasteiger partial charge in [-0.25, -0.2) is 4.57 Å². The molecule has 0 saturated heterocycles. The number of aromatic nitrogens is 4. The van der Waals surface area contributed by atoms with E-state index in [1.54, 1.807) is 10.6 Å². The maximum absolute atomic E-state index is 13.3. The van der Waals surface area contributed by atoms with Gasteiger partial charge in [0.2, 0.25) is 11.7 Å². The molecule has 0 spiro atoms. The van der Waals surface area contributed by atoms with Crippen molar-refractivity contribution in [1.29, 1.82) is 0 Å². The molecule has 2 heterocycles. The number of amides is 1. The fraction of sp³-hybridized carbons (Fsp3) is 0.120. The average Bonchev–Trinajstić information content (AvgIpc) is 3.28. The Bertz CT molecular complexity index is 1480. The van der Waals surface area contributed by atoms with Crippen LogP contribution in [-0.4, -0.2) is 37.4 Å². The quantitative estimate of drug-likeness (QED) is 0.380. The van der Waals surface area contributed by atoms with E-state index in [1.807, 2.05) is 83.3 Å². The number of thioether (sulfide) groups is 1. The van der Waals surface area contributed by atoms with Gasteiger partial charge in [0.05, 0.1) is 22.3 Å². The van der Waals surface area contributed by atoms with Gasteiger partial charge in [-0.15, -0.1) is 10.2 Å². The van der Waals surface area contributed by atoms with Gasteiger partial charge in [0.15, 0.2) is 5.16 Å². The standard InChI is InChI=1S/C25H21N5O2S/c31-22(26-16-15-18-9-3-1-4-10-18)17-33-25-28-27-24-29(19-11-5-2-6-12-19)23(32)20-13-7-8-14-21(20)30(24)25/h1-14H,15-17H2,(H,26,31). The largest absolute Gasteiger partial charge is 0.355 e. The molecule has 5 aromatic rings. The van der Waals surface area contributed by atoms with Gasteiger partial charge in [-0.3, -0.25) is 14.0 Å². The minimum absolute atomic E-state index is 0.0756. The second kappa shape index (κ2) is 9.30.